The summed E-state index contributed by atoms with van der Waals surface area (Å²) in [5.41, 5.74) is 0.939. The molecule has 1 N–H and O–H groups in total. The Morgan fingerprint density at radius 1 is 1.44 bits per heavy atom. The minimum Gasteiger partial charge on any atom is -0.317 e. The first kappa shape index (κ1) is 11.9. The summed E-state index contributed by atoms with van der Waals surface area (Å²) in [4.78, 5) is 0. The molecule has 1 saturated carbocycles. The van der Waals surface area contributed by atoms with Crippen LogP contribution in [0.4, 0.5) is 4.39 Å². The molecular formula is C13H17ClFN. The molecule has 1 nitrogen and oxygen atoms in total. The van der Waals surface area contributed by atoms with E-state index in [4.69, 9.17) is 11.6 Å². The van der Waals surface area contributed by atoms with Gasteiger partial charge in [-0.2, -0.15) is 0 Å². The Bertz CT molecular complexity index is 367. The zero-order chi connectivity index (χ0) is 11.5. The molecule has 0 aliphatic heterocycles. The van der Waals surface area contributed by atoms with Gasteiger partial charge in [0.2, 0.25) is 0 Å². The van der Waals surface area contributed by atoms with Gasteiger partial charge < -0.3 is 5.32 Å². The van der Waals surface area contributed by atoms with E-state index in [-0.39, 0.29) is 5.82 Å². The number of hydrogen-bond acceptors (Lipinski definition) is 1. The Balaban J connectivity index is 2.11. The summed E-state index contributed by atoms with van der Waals surface area (Å²) >= 11 is 5.97. The number of hydrogen-bond donors (Lipinski definition) is 1. The smallest absolute Gasteiger partial charge is 0.142 e. The van der Waals surface area contributed by atoms with Crippen molar-refractivity contribution in [3.05, 3.63) is 34.6 Å². The van der Waals surface area contributed by atoms with E-state index in [0.717, 1.165) is 12.0 Å². The summed E-state index contributed by atoms with van der Waals surface area (Å²) in [6, 6.07) is 5.63. The quantitative estimate of drug-likeness (QED) is 0.855. The molecule has 1 aliphatic rings. The topological polar surface area (TPSA) is 12.0 Å². The second kappa shape index (κ2) is 5.15. The lowest BCUT2D eigenvalue weighted by atomic mass is 9.94. The fourth-order valence-corrected chi connectivity index (χ4v) is 2.85. The van der Waals surface area contributed by atoms with Crippen LogP contribution in [0.2, 0.25) is 5.02 Å². The van der Waals surface area contributed by atoms with Crippen LogP contribution < -0.4 is 5.32 Å². The molecule has 0 spiro atoms. The highest BCUT2D eigenvalue weighted by Gasteiger charge is 2.26. The summed E-state index contributed by atoms with van der Waals surface area (Å²) in [5.74, 6) is 0.280. The fourth-order valence-electron chi connectivity index (χ4n) is 2.65. The molecule has 0 saturated heterocycles. The number of nitrogens with one attached hydrogen (secondary N) is 1. The van der Waals surface area contributed by atoms with Crippen molar-refractivity contribution in [2.24, 2.45) is 5.92 Å². The van der Waals surface area contributed by atoms with E-state index in [0.29, 0.717) is 17.0 Å². The lowest BCUT2D eigenvalue weighted by Gasteiger charge is -2.19. The molecule has 1 aromatic rings. The number of halogens is 2. The highest BCUT2D eigenvalue weighted by molar-refractivity contribution is 6.31. The van der Waals surface area contributed by atoms with Crippen molar-refractivity contribution in [2.45, 2.75) is 31.7 Å². The van der Waals surface area contributed by atoms with Crippen molar-refractivity contribution < 1.29 is 4.39 Å². The Morgan fingerprint density at radius 2 is 2.25 bits per heavy atom. The third-order valence-electron chi connectivity index (χ3n) is 3.54. The van der Waals surface area contributed by atoms with Crippen LogP contribution in [0.15, 0.2) is 18.2 Å². The molecule has 1 aliphatic carbocycles. The third kappa shape index (κ3) is 2.38. The minimum absolute atomic E-state index is 0.296. The highest BCUT2D eigenvalue weighted by atomic mass is 35.5. The van der Waals surface area contributed by atoms with Crippen molar-refractivity contribution >= 4 is 11.6 Å². The molecule has 16 heavy (non-hydrogen) atoms. The molecular weight excluding hydrogens is 225 g/mol. The number of rotatable bonds is 3. The Hall–Kier alpha value is -0.600. The van der Waals surface area contributed by atoms with Gasteiger partial charge in [0.1, 0.15) is 5.82 Å². The van der Waals surface area contributed by atoms with Crippen LogP contribution in [0.3, 0.4) is 0 Å². The van der Waals surface area contributed by atoms with Gasteiger partial charge in [0.05, 0.1) is 5.02 Å². The van der Waals surface area contributed by atoms with Gasteiger partial charge >= 0.3 is 0 Å². The van der Waals surface area contributed by atoms with E-state index in [1.54, 1.807) is 6.07 Å². The molecule has 1 aromatic carbocycles. The van der Waals surface area contributed by atoms with Crippen molar-refractivity contribution in [1.82, 2.24) is 5.32 Å². The molecule has 0 heterocycles. The monoisotopic (exact) mass is 241 g/mol. The average molecular weight is 242 g/mol. The lowest BCUT2D eigenvalue weighted by Crippen LogP contribution is -2.30. The second-order valence-electron chi connectivity index (χ2n) is 4.50. The van der Waals surface area contributed by atoms with Gasteiger partial charge in [-0.1, -0.05) is 30.2 Å². The van der Waals surface area contributed by atoms with Crippen LogP contribution in [0.1, 0.15) is 24.8 Å². The van der Waals surface area contributed by atoms with E-state index in [1.165, 1.54) is 25.3 Å². The standard InChI is InChI=1S/C13H17ClFN/c1-16-12-7-3-4-9(12)8-10-5-2-6-11(15)13(10)14/h2,5-6,9,12,16H,3-4,7-8H2,1H3. The molecule has 0 radical (unpaired) electrons. The van der Waals surface area contributed by atoms with Crippen LogP contribution in [0.5, 0.6) is 0 Å². The van der Waals surface area contributed by atoms with Crippen LogP contribution in [-0.2, 0) is 6.42 Å². The first-order chi connectivity index (χ1) is 7.72. The molecule has 2 unspecified atom stereocenters. The second-order valence-corrected chi connectivity index (χ2v) is 4.88. The van der Waals surface area contributed by atoms with Gasteiger partial charge in [-0.3, -0.25) is 0 Å². The van der Waals surface area contributed by atoms with Crippen LogP contribution >= 0.6 is 11.6 Å². The fraction of sp³-hybridized carbons (Fsp3) is 0.538. The molecule has 0 aromatic heterocycles. The normalized spacial score (nSPS) is 24.9. The van der Waals surface area contributed by atoms with E-state index in [1.807, 2.05) is 13.1 Å². The summed E-state index contributed by atoms with van der Waals surface area (Å²) < 4.78 is 13.3. The van der Waals surface area contributed by atoms with Crippen molar-refractivity contribution in [2.75, 3.05) is 7.05 Å². The molecule has 1 fully saturated rings. The predicted molar refractivity (Wildman–Crippen MR) is 65.3 cm³/mol. The highest BCUT2D eigenvalue weighted by Crippen LogP contribution is 2.31. The van der Waals surface area contributed by atoms with Gasteiger partial charge in [0.25, 0.3) is 0 Å². The average Bonchev–Trinajstić information content (AvgIpc) is 2.72. The molecule has 2 atom stereocenters. The number of benzene rings is 1. The van der Waals surface area contributed by atoms with Crippen molar-refractivity contribution in [1.29, 1.82) is 0 Å². The maximum absolute atomic E-state index is 13.3. The van der Waals surface area contributed by atoms with Gasteiger partial charge in [-0.05, 0) is 43.9 Å². The van der Waals surface area contributed by atoms with Crippen LogP contribution in [-0.4, -0.2) is 13.1 Å². The minimum atomic E-state index is -0.307. The van der Waals surface area contributed by atoms with Gasteiger partial charge in [-0.25, -0.2) is 4.39 Å². The maximum atomic E-state index is 13.3. The Kier molecular flexibility index (Phi) is 3.82. The first-order valence-corrected chi connectivity index (χ1v) is 6.20. The summed E-state index contributed by atoms with van der Waals surface area (Å²) in [6.07, 6.45) is 4.55. The molecule has 2 rings (SSSR count). The summed E-state index contributed by atoms with van der Waals surface area (Å²) in [6.45, 7) is 0. The largest absolute Gasteiger partial charge is 0.317 e. The van der Waals surface area contributed by atoms with E-state index >= 15 is 0 Å². The third-order valence-corrected chi connectivity index (χ3v) is 3.97. The summed E-state index contributed by atoms with van der Waals surface area (Å²) in [7, 11) is 2.00. The van der Waals surface area contributed by atoms with Crippen LogP contribution in [0.25, 0.3) is 0 Å². The van der Waals surface area contributed by atoms with Gasteiger partial charge in [-0.15, -0.1) is 0 Å². The van der Waals surface area contributed by atoms with Gasteiger partial charge in [0, 0.05) is 6.04 Å². The first-order valence-electron chi connectivity index (χ1n) is 5.82. The predicted octanol–water partition coefficient (Wildman–Crippen LogP) is 3.41. The van der Waals surface area contributed by atoms with E-state index < -0.39 is 0 Å². The zero-order valence-electron chi connectivity index (χ0n) is 9.47. The van der Waals surface area contributed by atoms with Crippen molar-refractivity contribution in [3.63, 3.8) is 0 Å². The van der Waals surface area contributed by atoms with E-state index in [9.17, 15) is 4.39 Å². The Morgan fingerprint density at radius 3 is 3.00 bits per heavy atom. The maximum Gasteiger partial charge on any atom is 0.142 e. The molecule has 0 bridgehead atoms. The van der Waals surface area contributed by atoms with Gasteiger partial charge in [0.15, 0.2) is 0 Å². The molecule has 88 valence electrons. The van der Waals surface area contributed by atoms with E-state index in [2.05, 4.69) is 5.32 Å². The lowest BCUT2D eigenvalue weighted by molar-refractivity contribution is 0.423. The SMILES string of the molecule is CNC1CCCC1Cc1cccc(F)c1Cl. The summed E-state index contributed by atoms with van der Waals surface area (Å²) in [5, 5.41) is 3.63. The zero-order valence-corrected chi connectivity index (χ0v) is 10.2. The molecule has 0 amide bonds. The Labute approximate surface area is 101 Å². The molecule has 3 heteroatoms. The van der Waals surface area contributed by atoms with Crippen molar-refractivity contribution in [3.8, 4) is 0 Å². The van der Waals surface area contributed by atoms with Crippen LogP contribution in [0, 0.1) is 11.7 Å².